The van der Waals surface area contributed by atoms with E-state index in [-0.39, 0.29) is 11.0 Å². The molecule has 3 aromatic rings. The summed E-state index contributed by atoms with van der Waals surface area (Å²) in [7, 11) is 0. The van der Waals surface area contributed by atoms with E-state index in [0.29, 0.717) is 5.69 Å². The molecule has 1 aromatic heterocycles. The van der Waals surface area contributed by atoms with Crippen molar-refractivity contribution in [3.8, 4) is 11.8 Å². The van der Waals surface area contributed by atoms with Gasteiger partial charge in [-0.25, -0.2) is 8.78 Å². The molecule has 3 rings (SSSR count). The number of anilines is 1. The van der Waals surface area contributed by atoms with Crippen LogP contribution in [-0.2, 0) is 0 Å². The summed E-state index contributed by atoms with van der Waals surface area (Å²) in [5.74, 6) is 2.84. The van der Waals surface area contributed by atoms with Gasteiger partial charge in [0, 0.05) is 16.4 Å². The lowest BCUT2D eigenvalue weighted by Gasteiger charge is -2.09. The topological polar surface area (TPSA) is 42.0 Å². The molecule has 0 unspecified atom stereocenters. The van der Waals surface area contributed by atoms with Gasteiger partial charge >= 0.3 is 0 Å². The monoisotopic (exact) mass is 364 g/mol. The number of fused-ring (bicyclic) bond motifs is 1. The Labute approximate surface area is 156 Å². The molecule has 0 aliphatic heterocycles. The summed E-state index contributed by atoms with van der Waals surface area (Å²) in [5, 5.41) is 3.30. The zero-order chi connectivity index (χ0) is 19.6. The zero-order valence-corrected chi connectivity index (χ0v) is 15.2. The molecule has 5 heteroatoms. The first kappa shape index (κ1) is 18.5. The van der Waals surface area contributed by atoms with Crippen LogP contribution in [0, 0.1) is 28.9 Å². The maximum absolute atomic E-state index is 14.4. The first-order valence-corrected chi connectivity index (χ1v) is 8.41. The summed E-state index contributed by atoms with van der Waals surface area (Å²) in [4.78, 5) is 16.6. The highest BCUT2D eigenvalue weighted by Crippen LogP contribution is 2.20. The van der Waals surface area contributed by atoms with E-state index in [4.69, 9.17) is 0 Å². The van der Waals surface area contributed by atoms with Crippen LogP contribution in [0.5, 0.6) is 0 Å². The second-order valence-electron chi connectivity index (χ2n) is 7.19. The van der Waals surface area contributed by atoms with E-state index in [2.05, 4.69) is 22.1 Å². The average molecular weight is 364 g/mol. The minimum absolute atomic E-state index is 0.184. The molecule has 0 spiro atoms. The second-order valence-corrected chi connectivity index (χ2v) is 7.19. The van der Waals surface area contributed by atoms with Crippen molar-refractivity contribution in [2.75, 3.05) is 5.32 Å². The highest BCUT2D eigenvalue weighted by Gasteiger charge is 2.19. The number of benzene rings is 2. The van der Waals surface area contributed by atoms with Gasteiger partial charge in [-0.15, -0.1) is 0 Å². The molecule has 0 radical (unpaired) electrons. The average Bonchev–Trinajstić information content (AvgIpc) is 2.58. The predicted molar refractivity (Wildman–Crippen MR) is 102 cm³/mol. The Bertz CT molecular complexity index is 1070. The van der Waals surface area contributed by atoms with Gasteiger partial charge in [0.2, 0.25) is 0 Å². The molecule has 0 bridgehead atoms. The normalized spacial score (nSPS) is 11.0. The van der Waals surface area contributed by atoms with E-state index in [1.165, 1.54) is 6.20 Å². The minimum Gasteiger partial charge on any atom is -0.320 e. The minimum atomic E-state index is -0.959. The largest absolute Gasteiger partial charge is 0.320 e. The van der Waals surface area contributed by atoms with Gasteiger partial charge < -0.3 is 5.32 Å². The van der Waals surface area contributed by atoms with Crippen LogP contribution in [0.15, 0.2) is 48.7 Å². The highest BCUT2D eigenvalue weighted by atomic mass is 19.1. The molecule has 136 valence electrons. The number of amides is 1. The fraction of sp³-hybridized carbons (Fsp3) is 0.182. The van der Waals surface area contributed by atoms with Gasteiger partial charge in [0.15, 0.2) is 0 Å². The number of hydrogen-bond donors (Lipinski definition) is 1. The van der Waals surface area contributed by atoms with Crippen LogP contribution < -0.4 is 5.32 Å². The summed E-state index contributed by atoms with van der Waals surface area (Å²) in [6.45, 7) is 5.68. The van der Waals surface area contributed by atoms with E-state index in [1.807, 2.05) is 45.0 Å². The van der Waals surface area contributed by atoms with Crippen molar-refractivity contribution in [3.63, 3.8) is 0 Å². The van der Waals surface area contributed by atoms with Gasteiger partial charge in [0.1, 0.15) is 17.2 Å². The smallest absolute Gasteiger partial charge is 0.261 e. The summed E-state index contributed by atoms with van der Waals surface area (Å²) >= 11 is 0. The van der Waals surface area contributed by atoms with Crippen LogP contribution in [0.2, 0.25) is 0 Å². The molecule has 27 heavy (non-hydrogen) atoms. The van der Waals surface area contributed by atoms with Crippen LogP contribution in [0.25, 0.3) is 10.9 Å². The van der Waals surface area contributed by atoms with Crippen LogP contribution in [-0.4, -0.2) is 10.9 Å². The number of hydrogen-bond acceptors (Lipinski definition) is 2. The lowest BCUT2D eigenvalue weighted by Crippen LogP contribution is -2.16. The molecule has 0 saturated heterocycles. The molecular formula is C22H18F2N2O. The molecular weight excluding hydrogens is 346 g/mol. The SMILES string of the molecule is CC(C)(C)C#Cc1cc(F)c(C(=O)Nc2cnc3ccccc3c2)c(F)c1. The summed E-state index contributed by atoms with van der Waals surface area (Å²) in [6.07, 6.45) is 1.44. The third kappa shape index (κ3) is 4.48. The Morgan fingerprint density at radius 3 is 2.41 bits per heavy atom. The summed E-state index contributed by atoms with van der Waals surface area (Å²) in [6, 6.07) is 11.2. The third-order valence-electron chi connectivity index (χ3n) is 3.70. The van der Waals surface area contributed by atoms with Crippen LogP contribution in [0.3, 0.4) is 0 Å². The Hall–Kier alpha value is -3.26. The molecule has 2 aromatic carbocycles. The Balaban J connectivity index is 1.88. The molecule has 0 saturated carbocycles. The number of nitrogens with one attached hydrogen (secondary N) is 1. The lowest BCUT2D eigenvalue weighted by molar-refractivity contribution is 0.101. The first-order chi connectivity index (χ1) is 12.7. The van der Waals surface area contributed by atoms with Gasteiger partial charge in [-0.05, 0) is 45.0 Å². The van der Waals surface area contributed by atoms with E-state index < -0.39 is 23.1 Å². The second kappa shape index (κ2) is 7.16. The Kier molecular flexibility index (Phi) is 4.91. The maximum atomic E-state index is 14.4. The number of rotatable bonds is 2. The van der Waals surface area contributed by atoms with E-state index in [9.17, 15) is 13.6 Å². The Morgan fingerprint density at radius 1 is 1.07 bits per heavy atom. The fourth-order valence-corrected chi connectivity index (χ4v) is 2.45. The van der Waals surface area contributed by atoms with E-state index in [0.717, 1.165) is 23.0 Å². The van der Waals surface area contributed by atoms with E-state index >= 15 is 0 Å². The lowest BCUT2D eigenvalue weighted by atomic mass is 9.97. The number of para-hydroxylation sites is 1. The van der Waals surface area contributed by atoms with Gasteiger partial charge in [0.05, 0.1) is 17.4 Å². The van der Waals surface area contributed by atoms with Crippen LogP contribution in [0.4, 0.5) is 14.5 Å². The maximum Gasteiger partial charge on any atom is 0.261 e. The van der Waals surface area contributed by atoms with Gasteiger partial charge in [-0.3, -0.25) is 9.78 Å². The zero-order valence-electron chi connectivity index (χ0n) is 15.2. The van der Waals surface area contributed by atoms with Gasteiger partial charge in [-0.2, -0.15) is 0 Å². The van der Waals surface area contributed by atoms with Gasteiger partial charge in [-0.1, -0.05) is 30.0 Å². The molecule has 0 aliphatic rings. The van der Waals surface area contributed by atoms with Crippen molar-refractivity contribution in [2.24, 2.45) is 5.41 Å². The van der Waals surface area contributed by atoms with E-state index in [1.54, 1.807) is 6.07 Å². The van der Waals surface area contributed by atoms with Gasteiger partial charge in [0.25, 0.3) is 5.91 Å². The molecule has 0 fully saturated rings. The number of aromatic nitrogens is 1. The summed E-state index contributed by atoms with van der Waals surface area (Å²) in [5.41, 5.74) is 0.351. The fourth-order valence-electron chi connectivity index (χ4n) is 2.45. The number of pyridine rings is 1. The van der Waals surface area contributed by atoms with Crippen molar-refractivity contribution in [1.82, 2.24) is 4.98 Å². The molecule has 0 atom stereocenters. The molecule has 3 nitrogen and oxygen atoms in total. The van der Waals surface area contributed by atoms with Crippen LogP contribution >= 0.6 is 0 Å². The summed E-state index contributed by atoms with van der Waals surface area (Å²) < 4.78 is 28.7. The number of carbonyl (C=O) groups excluding carboxylic acids is 1. The molecule has 1 heterocycles. The van der Waals surface area contributed by atoms with Crippen molar-refractivity contribution in [3.05, 3.63) is 71.4 Å². The third-order valence-corrected chi connectivity index (χ3v) is 3.70. The van der Waals surface area contributed by atoms with Crippen molar-refractivity contribution < 1.29 is 13.6 Å². The highest BCUT2D eigenvalue weighted by molar-refractivity contribution is 6.05. The quantitative estimate of drug-likeness (QED) is 0.638. The van der Waals surface area contributed by atoms with Crippen molar-refractivity contribution >= 4 is 22.5 Å². The predicted octanol–water partition coefficient (Wildman–Crippen LogP) is 5.16. The number of halogens is 2. The van der Waals surface area contributed by atoms with Crippen LogP contribution in [0.1, 0.15) is 36.7 Å². The molecule has 0 aliphatic carbocycles. The number of nitrogens with zero attached hydrogens (tertiary/aromatic N) is 1. The standard InChI is InChI=1S/C22H18F2N2O/c1-22(2,3)9-8-14-10-17(23)20(18(24)11-14)21(27)26-16-12-15-6-4-5-7-19(15)25-13-16/h4-7,10-13H,1-3H3,(H,26,27). The van der Waals surface area contributed by atoms with Crippen molar-refractivity contribution in [2.45, 2.75) is 20.8 Å². The number of carbonyl (C=O) groups is 1. The first-order valence-electron chi connectivity index (χ1n) is 8.41. The van der Waals surface area contributed by atoms with Crippen molar-refractivity contribution in [1.29, 1.82) is 0 Å². The Morgan fingerprint density at radius 2 is 1.74 bits per heavy atom. The molecule has 1 N–H and O–H groups in total. The molecule has 1 amide bonds.